The van der Waals surface area contributed by atoms with Gasteiger partial charge in [0.2, 0.25) is 5.91 Å². The van der Waals surface area contributed by atoms with Gasteiger partial charge in [-0.2, -0.15) is 0 Å². The van der Waals surface area contributed by atoms with Crippen molar-refractivity contribution in [1.29, 1.82) is 0 Å². The number of amides is 1. The first-order valence-corrected chi connectivity index (χ1v) is 8.43. The summed E-state index contributed by atoms with van der Waals surface area (Å²) < 4.78 is 0. The Morgan fingerprint density at radius 2 is 2.00 bits per heavy atom. The van der Waals surface area contributed by atoms with Crippen LogP contribution in [0.3, 0.4) is 0 Å². The molecule has 0 saturated carbocycles. The number of aromatic nitrogens is 1. The summed E-state index contributed by atoms with van der Waals surface area (Å²) in [5.74, 6) is 1.10. The highest BCUT2D eigenvalue weighted by Crippen LogP contribution is 2.13. The van der Waals surface area contributed by atoms with Crippen LogP contribution in [-0.4, -0.2) is 55.1 Å². The average Bonchev–Trinajstić information content (AvgIpc) is 2.59. The second-order valence-electron chi connectivity index (χ2n) is 6.44. The van der Waals surface area contributed by atoms with Gasteiger partial charge in [0.1, 0.15) is 5.82 Å². The Kier molecular flexibility index (Phi) is 8.45. The first-order chi connectivity index (χ1) is 11.0. The molecule has 0 aromatic carbocycles. The van der Waals surface area contributed by atoms with E-state index in [0.29, 0.717) is 6.54 Å². The van der Waals surface area contributed by atoms with Crippen LogP contribution in [0.5, 0.6) is 0 Å². The van der Waals surface area contributed by atoms with Crippen molar-refractivity contribution in [3.8, 4) is 0 Å². The van der Waals surface area contributed by atoms with Crippen molar-refractivity contribution >= 4 is 24.1 Å². The summed E-state index contributed by atoms with van der Waals surface area (Å²) in [4.78, 5) is 21.1. The number of likely N-dealkylation sites (N-methyl/N-ethyl adjacent to an activating group) is 1. The van der Waals surface area contributed by atoms with Crippen LogP contribution in [0.25, 0.3) is 0 Å². The van der Waals surface area contributed by atoms with Crippen LogP contribution in [0.15, 0.2) is 18.3 Å². The van der Waals surface area contributed by atoms with E-state index in [1.54, 1.807) is 0 Å². The molecule has 1 saturated heterocycles. The Morgan fingerprint density at radius 1 is 1.33 bits per heavy atom. The molecule has 1 aliphatic rings. The molecule has 7 heteroatoms. The number of pyridine rings is 1. The summed E-state index contributed by atoms with van der Waals surface area (Å²) in [6.45, 7) is 8.64. The van der Waals surface area contributed by atoms with Gasteiger partial charge in [0.25, 0.3) is 0 Å². The molecule has 1 aromatic heterocycles. The summed E-state index contributed by atoms with van der Waals surface area (Å²) in [5, 5.41) is 2.89. The van der Waals surface area contributed by atoms with Gasteiger partial charge in [-0.15, -0.1) is 12.4 Å². The molecule has 1 amide bonds. The molecular weight excluding hydrogens is 326 g/mol. The van der Waals surface area contributed by atoms with Gasteiger partial charge in [0, 0.05) is 38.9 Å². The fraction of sp³-hybridized carbons (Fsp3) is 0.647. The molecule has 2 rings (SSSR count). The molecular formula is C17H30ClN5O. The predicted octanol–water partition coefficient (Wildman–Crippen LogP) is 1.24. The SMILES string of the molecule is CCC(C)C(N)C(=O)NCc1ccc(N2CCN(C)CC2)nc1.Cl. The largest absolute Gasteiger partial charge is 0.354 e. The van der Waals surface area contributed by atoms with E-state index in [9.17, 15) is 4.79 Å². The van der Waals surface area contributed by atoms with Crippen molar-refractivity contribution in [1.82, 2.24) is 15.2 Å². The van der Waals surface area contributed by atoms with E-state index < -0.39 is 6.04 Å². The maximum Gasteiger partial charge on any atom is 0.237 e. The third kappa shape index (κ3) is 5.61. The lowest BCUT2D eigenvalue weighted by atomic mass is 9.99. The molecule has 2 unspecified atom stereocenters. The van der Waals surface area contributed by atoms with Gasteiger partial charge in [-0.05, 0) is 24.6 Å². The number of rotatable bonds is 6. The molecule has 2 heterocycles. The number of hydrogen-bond donors (Lipinski definition) is 2. The Hall–Kier alpha value is -1.37. The Bertz CT molecular complexity index is 502. The molecule has 0 radical (unpaired) electrons. The third-order valence-corrected chi connectivity index (χ3v) is 4.66. The van der Waals surface area contributed by atoms with Crippen molar-refractivity contribution in [3.63, 3.8) is 0 Å². The number of nitrogens with two attached hydrogens (primary N) is 1. The lowest BCUT2D eigenvalue weighted by Crippen LogP contribution is -2.45. The topological polar surface area (TPSA) is 74.5 Å². The third-order valence-electron chi connectivity index (χ3n) is 4.66. The van der Waals surface area contributed by atoms with Crippen LogP contribution in [-0.2, 0) is 11.3 Å². The van der Waals surface area contributed by atoms with Crippen LogP contribution in [0.4, 0.5) is 5.82 Å². The number of nitrogens with zero attached hydrogens (tertiary/aromatic N) is 3. The van der Waals surface area contributed by atoms with Gasteiger partial charge < -0.3 is 20.9 Å². The second-order valence-corrected chi connectivity index (χ2v) is 6.44. The lowest BCUT2D eigenvalue weighted by Gasteiger charge is -2.33. The van der Waals surface area contributed by atoms with Gasteiger partial charge >= 0.3 is 0 Å². The normalized spacial score (nSPS) is 17.8. The summed E-state index contributed by atoms with van der Waals surface area (Å²) in [7, 11) is 2.14. The number of halogens is 1. The summed E-state index contributed by atoms with van der Waals surface area (Å²) in [5.41, 5.74) is 6.92. The molecule has 1 aliphatic heterocycles. The number of anilines is 1. The minimum Gasteiger partial charge on any atom is -0.354 e. The van der Waals surface area contributed by atoms with Crippen molar-refractivity contribution in [2.24, 2.45) is 11.7 Å². The van der Waals surface area contributed by atoms with Crippen molar-refractivity contribution in [2.45, 2.75) is 32.9 Å². The van der Waals surface area contributed by atoms with Crippen molar-refractivity contribution in [3.05, 3.63) is 23.9 Å². The lowest BCUT2D eigenvalue weighted by molar-refractivity contribution is -0.123. The summed E-state index contributed by atoms with van der Waals surface area (Å²) in [6.07, 6.45) is 2.73. The molecule has 0 aliphatic carbocycles. The van der Waals surface area contributed by atoms with E-state index in [1.165, 1.54) is 0 Å². The zero-order valence-electron chi connectivity index (χ0n) is 14.9. The first-order valence-electron chi connectivity index (χ1n) is 8.43. The monoisotopic (exact) mass is 355 g/mol. The van der Waals surface area contributed by atoms with E-state index >= 15 is 0 Å². The van der Waals surface area contributed by atoms with Gasteiger partial charge in [-0.3, -0.25) is 4.79 Å². The van der Waals surface area contributed by atoms with Gasteiger partial charge in [-0.25, -0.2) is 4.98 Å². The molecule has 1 fully saturated rings. The standard InChI is InChI=1S/C17H29N5O.ClH/c1-4-13(2)16(18)17(23)20-12-14-5-6-15(19-11-14)22-9-7-21(3)8-10-22;/h5-6,11,13,16H,4,7-10,12,18H2,1-3H3,(H,20,23);1H. The molecule has 6 nitrogen and oxygen atoms in total. The zero-order valence-corrected chi connectivity index (χ0v) is 15.7. The first kappa shape index (κ1) is 20.7. The van der Waals surface area contributed by atoms with Gasteiger partial charge in [0.05, 0.1) is 6.04 Å². The second kappa shape index (κ2) is 9.81. The number of nitrogens with one attached hydrogen (secondary N) is 1. The minimum atomic E-state index is -0.447. The maximum absolute atomic E-state index is 12.0. The summed E-state index contributed by atoms with van der Waals surface area (Å²) >= 11 is 0. The average molecular weight is 356 g/mol. The molecule has 24 heavy (non-hydrogen) atoms. The highest BCUT2D eigenvalue weighted by Gasteiger charge is 2.19. The van der Waals surface area contributed by atoms with Crippen LogP contribution < -0.4 is 16.0 Å². The molecule has 0 bridgehead atoms. The Morgan fingerprint density at radius 3 is 2.54 bits per heavy atom. The van der Waals surface area contributed by atoms with E-state index in [0.717, 1.165) is 44.0 Å². The van der Waals surface area contributed by atoms with E-state index in [4.69, 9.17) is 5.73 Å². The fourth-order valence-electron chi connectivity index (χ4n) is 2.56. The van der Waals surface area contributed by atoms with Crippen LogP contribution in [0.2, 0.25) is 0 Å². The van der Waals surface area contributed by atoms with Gasteiger partial charge in [0.15, 0.2) is 0 Å². The number of hydrogen-bond acceptors (Lipinski definition) is 5. The zero-order chi connectivity index (χ0) is 16.8. The van der Waals surface area contributed by atoms with Crippen LogP contribution >= 0.6 is 12.4 Å². The Labute approximate surface area is 151 Å². The van der Waals surface area contributed by atoms with E-state index in [2.05, 4.69) is 27.1 Å². The fourth-order valence-corrected chi connectivity index (χ4v) is 2.56. The van der Waals surface area contributed by atoms with Crippen molar-refractivity contribution in [2.75, 3.05) is 38.1 Å². The maximum atomic E-state index is 12.0. The van der Waals surface area contributed by atoms with Crippen LogP contribution in [0, 0.1) is 5.92 Å². The minimum absolute atomic E-state index is 0. The molecule has 1 aromatic rings. The smallest absolute Gasteiger partial charge is 0.237 e. The molecule has 136 valence electrons. The van der Waals surface area contributed by atoms with Gasteiger partial charge in [-0.1, -0.05) is 26.3 Å². The van der Waals surface area contributed by atoms with E-state index in [-0.39, 0.29) is 24.2 Å². The Balaban J connectivity index is 0.00000288. The highest BCUT2D eigenvalue weighted by atomic mass is 35.5. The van der Waals surface area contributed by atoms with Crippen molar-refractivity contribution < 1.29 is 4.79 Å². The predicted molar refractivity (Wildman–Crippen MR) is 100 cm³/mol. The quantitative estimate of drug-likeness (QED) is 0.803. The van der Waals surface area contributed by atoms with Crippen LogP contribution in [0.1, 0.15) is 25.8 Å². The van der Waals surface area contributed by atoms with E-state index in [1.807, 2.05) is 32.2 Å². The summed E-state index contributed by atoms with van der Waals surface area (Å²) in [6, 6.07) is 3.61. The number of carbonyl (C=O) groups excluding carboxylic acids is 1. The highest BCUT2D eigenvalue weighted by molar-refractivity contribution is 5.85. The molecule has 0 spiro atoms. The molecule has 3 N–H and O–H groups in total. The number of carbonyl (C=O) groups is 1. The molecule has 2 atom stereocenters. The number of piperazine rings is 1.